The molecule has 1 heterocycles. The minimum absolute atomic E-state index is 0.0148. The number of rotatable bonds is 5. The van der Waals surface area contributed by atoms with E-state index in [9.17, 15) is 8.78 Å². The van der Waals surface area contributed by atoms with Crippen LogP contribution in [-0.4, -0.2) is 26.8 Å². The van der Waals surface area contributed by atoms with Gasteiger partial charge >= 0.3 is 0 Å². The van der Waals surface area contributed by atoms with Crippen molar-refractivity contribution >= 4 is 15.9 Å². The summed E-state index contributed by atoms with van der Waals surface area (Å²) in [4.78, 5) is 0. The molecule has 0 unspecified atom stereocenters. The lowest BCUT2D eigenvalue weighted by Crippen LogP contribution is -2.18. The predicted molar refractivity (Wildman–Crippen MR) is 68.8 cm³/mol. The van der Waals surface area contributed by atoms with E-state index in [1.54, 1.807) is 0 Å². The quantitative estimate of drug-likeness (QED) is 0.674. The molecule has 0 aliphatic heterocycles. The number of halogens is 3. The molecule has 1 aromatic heterocycles. The van der Waals surface area contributed by atoms with Crippen LogP contribution in [0.5, 0.6) is 0 Å². The molecule has 2 rings (SSSR count). The fourth-order valence-electron chi connectivity index (χ4n) is 1.55. The van der Waals surface area contributed by atoms with Crippen LogP contribution < -0.4 is 5.32 Å². The molecule has 0 spiro atoms. The second kappa shape index (κ2) is 6.16. The summed E-state index contributed by atoms with van der Waals surface area (Å²) in [6.07, 6.45) is 0.961. The van der Waals surface area contributed by atoms with Gasteiger partial charge in [0.15, 0.2) is 5.82 Å². The van der Waals surface area contributed by atoms with Gasteiger partial charge in [0.1, 0.15) is 17.3 Å². The van der Waals surface area contributed by atoms with Gasteiger partial charge in [-0.1, -0.05) is 6.92 Å². The van der Waals surface area contributed by atoms with E-state index in [2.05, 4.69) is 36.8 Å². The molecular weight excluding hydrogens is 320 g/mol. The van der Waals surface area contributed by atoms with Crippen LogP contribution in [0.3, 0.4) is 0 Å². The second-order valence-electron chi connectivity index (χ2n) is 3.90. The van der Waals surface area contributed by atoms with Crippen LogP contribution in [0.1, 0.15) is 19.2 Å². The van der Waals surface area contributed by atoms with Gasteiger partial charge in [0.05, 0.1) is 11.0 Å². The minimum atomic E-state index is -0.600. The molecule has 0 atom stereocenters. The normalized spacial score (nSPS) is 10.9. The van der Waals surface area contributed by atoms with Crippen molar-refractivity contribution in [2.45, 2.75) is 19.9 Å². The zero-order valence-corrected chi connectivity index (χ0v) is 11.8. The molecule has 0 saturated carbocycles. The Balaban J connectivity index is 2.32. The Bertz CT molecular complexity index is 572. The van der Waals surface area contributed by atoms with E-state index < -0.39 is 11.6 Å². The van der Waals surface area contributed by atoms with E-state index in [0.29, 0.717) is 12.4 Å². The second-order valence-corrected chi connectivity index (χ2v) is 4.76. The van der Waals surface area contributed by atoms with Gasteiger partial charge in [0, 0.05) is 6.07 Å². The summed E-state index contributed by atoms with van der Waals surface area (Å²) in [5.41, 5.74) is -0.0148. The first-order valence-electron chi connectivity index (χ1n) is 5.76. The van der Waals surface area contributed by atoms with Crippen molar-refractivity contribution in [3.63, 3.8) is 0 Å². The monoisotopic (exact) mass is 331 g/mol. The van der Waals surface area contributed by atoms with Crippen LogP contribution in [0.2, 0.25) is 0 Å². The number of nitrogens with zero attached hydrogens (tertiary/aromatic N) is 4. The van der Waals surface area contributed by atoms with Crippen LogP contribution in [0.4, 0.5) is 8.78 Å². The number of benzene rings is 1. The van der Waals surface area contributed by atoms with Crippen LogP contribution >= 0.6 is 15.9 Å². The summed E-state index contributed by atoms with van der Waals surface area (Å²) in [6.45, 7) is 3.21. The van der Waals surface area contributed by atoms with Crippen molar-refractivity contribution in [3.8, 4) is 5.69 Å². The van der Waals surface area contributed by atoms with Gasteiger partial charge < -0.3 is 5.32 Å². The van der Waals surface area contributed by atoms with Crippen LogP contribution in [0.15, 0.2) is 16.6 Å². The first-order chi connectivity index (χ1) is 9.13. The van der Waals surface area contributed by atoms with Crippen molar-refractivity contribution in [3.05, 3.63) is 34.1 Å². The van der Waals surface area contributed by atoms with Gasteiger partial charge in [-0.05, 0) is 45.4 Å². The van der Waals surface area contributed by atoms with Gasteiger partial charge in [-0.2, -0.15) is 4.68 Å². The topological polar surface area (TPSA) is 55.6 Å². The first kappa shape index (κ1) is 14.0. The van der Waals surface area contributed by atoms with Crippen molar-refractivity contribution in [1.29, 1.82) is 0 Å². The minimum Gasteiger partial charge on any atom is -0.310 e. The van der Waals surface area contributed by atoms with Crippen molar-refractivity contribution < 1.29 is 8.78 Å². The van der Waals surface area contributed by atoms with E-state index in [1.165, 1.54) is 4.68 Å². The molecule has 0 bridgehead atoms. The predicted octanol–water partition coefficient (Wildman–Crippen LogP) is 2.20. The SMILES string of the molecule is CCCNCc1nnnn1-c1cc(F)c(Br)cc1F. The van der Waals surface area contributed by atoms with Crippen LogP contribution in [0, 0.1) is 11.6 Å². The highest BCUT2D eigenvalue weighted by molar-refractivity contribution is 9.10. The Hall–Kier alpha value is -1.41. The largest absolute Gasteiger partial charge is 0.310 e. The van der Waals surface area contributed by atoms with E-state index in [4.69, 9.17) is 0 Å². The first-order valence-corrected chi connectivity index (χ1v) is 6.55. The molecule has 0 amide bonds. The molecule has 1 N–H and O–H groups in total. The highest BCUT2D eigenvalue weighted by atomic mass is 79.9. The maximum atomic E-state index is 13.8. The molecule has 102 valence electrons. The van der Waals surface area contributed by atoms with Gasteiger partial charge in [0.25, 0.3) is 0 Å². The number of aromatic nitrogens is 4. The lowest BCUT2D eigenvalue weighted by atomic mass is 10.3. The van der Waals surface area contributed by atoms with Crippen molar-refractivity contribution in [1.82, 2.24) is 25.5 Å². The van der Waals surface area contributed by atoms with Crippen molar-refractivity contribution in [2.24, 2.45) is 0 Å². The lowest BCUT2D eigenvalue weighted by Gasteiger charge is -2.07. The Labute approximate surface area is 117 Å². The number of hydrogen-bond donors (Lipinski definition) is 1. The number of nitrogens with one attached hydrogen (secondary N) is 1. The third-order valence-corrected chi connectivity index (χ3v) is 3.07. The third-order valence-electron chi connectivity index (χ3n) is 2.46. The summed E-state index contributed by atoms with van der Waals surface area (Å²) in [6, 6.07) is 2.11. The molecule has 5 nitrogen and oxygen atoms in total. The fraction of sp³-hybridized carbons (Fsp3) is 0.364. The molecule has 0 saturated heterocycles. The summed E-state index contributed by atoms with van der Waals surface area (Å²) in [5, 5.41) is 14.1. The highest BCUT2D eigenvalue weighted by Crippen LogP contribution is 2.22. The summed E-state index contributed by atoms with van der Waals surface area (Å²) >= 11 is 2.93. The molecule has 2 aromatic rings. The zero-order valence-electron chi connectivity index (χ0n) is 10.2. The molecule has 1 aromatic carbocycles. The van der Waals surface area contributed by atoms with Gasteiger partial charge in [-0.3, -0.25) is 0 Å². The highest BCUT2D eigenvalue weighted by Gasteiger charge is 2.15. The molecule has 19 heavy (non-hydrogen) atoms. The molecule has 0 aliphatic carbocycles. The average Bonchev–Trinajstić information content (AvgIpc) is 2.82. The Morgan fingerprint density at radius 1 is 1.32 bits per heavy atom. The standard InChI is InChI=1S/C11H12BrF2N5/c1-2-3-15-6-11-16-17-18-19(11)10-5-8(13)7(12)4-9(10)14/h4-5,15H,2-3,6H2,1H3. The van der Waals surface area contributed by atoms with E-state index in [1.807, 2.05) is 6.92 Å². The maximum absolute atomic E-state index is 13.8. The summed E-state index contributed by atoms with van der Waals surface area (Å²) in [5.74, 6) is -0.745. The third kappa shape index (κ3) is 3.13. The van der Waals surface area contributed by atoms with E-state index >= 15 is 0 Å². The van der Waals surface area contributed by atoms with Crippen LogP contribution in [-0.2, 0) is 6.54 Å². The molecule has 0 radical (unpaired) electrons. The maximum Gasteiger partial charge on any atom is 0.170 e. The molecule has 0 fully saturated rings. The Morgan fingerprint density at radius 3 is 2.84 bits per heavy atom. The van der Waals surface area contributed by atoms with Gasteiger partial charge in [-0.25, -0.2) is 8.78 Å². The molecule has 0 aliphatic rings. The number of hydrogen-bond acceptors (Lipinski definition) is 4. The smallest absolute Gasteiger partial charge is 0.170 e. The van der Waals surface area contributed by atoms with Gasteiger partial charge in [0.2, 0.25) is 0 Å². The van der Waals surface area contributed by atoms with E-state index in [0.717, 1.165) is 25.1 Å². The Morgan fingerprint density at radius 2 is 2.11 bits per heavy atom. The average molecular weight is 332 g/mol. The van der Waals surface area contributed by atoms with Crippen molar-refractivity contribution in [2.75, 3.05) is 6.54 Å². The summed E-state index contributed by atoms with van der Waals surface area (Å²) in [7, 11) is 0. The van der Waals surface area contributed by atoms with Crippen LogP contribution in [0.25, 0.3) is 5.69 Å². The lowest BCUT2D eigenvalue weighted by molar-refractivity contribution is 0.570. The van der Waals surface area contributed by atoms with E-state index in [-0.39, 0.29) is 10.2 Å². The van der Waals surface area contributed by atoms with Gasteiger partial charge in [-0.15, -0.1) is 5.10 Å². The molecule has 8 heteroatoms. The zero-order chi connectivity index (χ0) is 13.8. The summed E-state index contributed by atoms with van der Waals surface area (Å²) < 4.78 is 28.6. The molecular formula is C11H12BrF2N5. The fourth-order valence-corrected chi connectivity index (χ4v) is 1.87. The number of tetrazole rings is 1. The Kier molecular flexibility index (Phi) is 4.54.